The molecule has 4 heterocycles. The minimum absolute atomic E-state index is 0.0754. The van der Waals surface area contributed by atoms with Crippen molar-refractivity contribution in [3.05, 3.63) is 11.9 Å². The van der Waals surface area contributed by atoms with Crippen molar-refractivity contribution < 1.29 is 4.79 Å². The van der Waals surface area contributed by atoms with Crippen LogP contribution >= 0.6 is 11.3 Å². The lowest BCUT2D eigenvalue weighted by atomic mass is 10.1. The largest absolute Gasteiger partial charge is 0.345 e. The van der Waals surface area contributed by atoms with Crippen LogP contribution < -0.4 is 10.2 Å². The van der Waals surface area contributed by atoms with Gasteiger partial charge in [-0.1, -0.05) is 11.3 Å². The highest BCUT2D eigenvalue weighted by Crippen LogP contribution is 2.27. The fraction of sp³-hybridized carbons (Fsp3) is 0.615. The molecule has 8 heteroatoms. The third-order valence-corrected chi connectivity index (χ3v) is 5.13. The van der Waals surface area contributed by atoms with Crippen LogP contribution in [0, 0.1) is 6.92 Å². The Balaban J connectivity index is 1.54. The minimum Gasteiger partial charge on any atom is -0.345 e. The van der Waals surface area contributed by atoms with Crippen LogP contribution in [0.4, 0.5) is 9.93 Å². The number of hydrogen-bond donors (Lipinski definition) is 1. The van der Waals surface area contributed by atoms with Gasteiger partial charge in [-0.15, -0.1) is 5.10 Å². The highest BCUT2D eigenvalue weighted by Gasteiger charge is 2.32. The van der Waals surface area contributed by atoms with E-state index in [0.717, 1.165) is 54.8 Å². The Morgan fingerprint density at radius 1 is 1.43 bits per heavy atom. The van der Waals surface area contributed by atoms with E-state index in [2.05, 4.69) is 20.3 Å². The zero-order valence-electron chi connectivity index (χ0n) is 11.9. The van der Waals surface area contributed by atoms with Crippen molar-refractivity contribution in [3.63, 3.8) is 0 Å². The normalized spacial score (nSPS) is 23.1. The van der Waals surface area contributed by atoms with Crippen LogP contribution in [-0.2, 0) is 0 Å². The molecule has 1 N–H and O–H groups in total. The number of carbonyl (C=O) groups is 1. The molecule has 1 atom stereocenters. The quantitative estimate of drug-likeness (QED) is 0.902. The average Bonchev–Trinajstić information content (AvgIpc) is 3.13. The number of anilines is 1. The zero-order valence-corrected chi connectivity index (χ0v) is 12.8. The summed E-state index contributed by atoms with van der Waals surface area (Å²) in [5, 5.41) is 8.50. The summed E-state index contributed by atoms with van der Waals surface area (Å²) in [6, 6.07) is 0.366. The van der Waals surface area contributed by atoms with Gasteiger partial charge in [-0.2, -0.15) is 0 Å². The van der Waals surface area contributed by atoms with Gasteiger partial charge in [0.15, 0.2) is 0 Å². The first kappa shape index (κ1) is 12.9. The van der Waals surface area contributed by atoms with Gasteiger partial charge in [-0.3, -0.25) is 0 Å². The van der Waals surface area contributed by atoms with Gasteiger partial charge in [0.2, 0.25) is 10.1 Å². The highest BCUT2D eigenvalue weighted by molar-refractivity contribution is 7.20. The third-order valence-electron chi connectivity index (χ3n) is 4.15. The number of nitrogens with zero attached hydrogens (tertiary/aromatic N) is 5. The van der Waals surface area contributed by atoms with Gasteiger partial charge in [-0.05, 0) is 19.8 Å². The summed E-state index contributed by atoms with van der Waals surface area (Å²) in [6.45, 7) is 5.42. The molecule has 0 aliphatic carbocycles. The average molecular weight is 306 g/mol. The molecule has 0 unspecified atom stereocenters. The molecular weight excluding hydrogens is 288 g/mol. The van der Waals surface area contributed by atoms with Gasteiger partial charge in [0, 0.05) is 26.2 Å². The van der Waals surface area contributed by atoms with Crippen molar-refractivity contribution in [2.75, 3.05) is 31.1 Å². The summed E-state index contributed by atoms with van der Waals surface area (Å²) in [7, 11) is 0. The van der Waals surface area contributed by atoms with Gasteiger partial charge in [0.1, 0.15) is 0 Å². The molecule has 2 aromatic heterocycles. The molecule has 0 spiro atoms. The number of piperidine rings is 1. The van der Waals surface area contributed by atoms with Crippen molar-refractivity contribution >= 4 is 27.5 Å². The number of amides is 2. The molecule has 0 radical (unpaired) electrons. The Labute approximate surface area is 126 Å². The molecule has 2 aliphatic heterocycles. The molecule has 2 saturated heterocycles. The Kier molecular flexibility index (Phi) is 2.99. The van der Waals surface area contributed by atoms with Crippen LogP contribution in [0.3, 0.4) is 0 Å². The van der Waals surface area contributed by atoms with E-state index in [1.165, 1.54) is 0 Å². The summed E-state index contributed by atoms with van der Waals surface area (Å²) in [5.74, 6) is 0. The van der Waals surface area contributed by atoms with Crippen LogP contribution in [-0.4, -0.2) is 57.7 Å². The summed E-state index contributed by atoms with van der Waals surface area (Å²) < 4.78 is 1.85. The van der Waals surface area contributed by atoms with Crippen LogP contribution in [0.25, 0.3) is 4.96 Å². The molecule has 4 rings (SSSR count). The van der Waals surface area contributed by atoms with Crippen molar-refractivity contribution in [1.29, 1.82) is 0 Å². The second kappa shape index (κ2) is 4.87. The van der Waals surface area contributed by atoms with Crippen LogP contribution in [0.15, 0.2) is 6.20 Å². The molecule has 7 nitrogen and oxygen atoms in total. The maximum absolute atomic E-state index is 11.8. The Hall–Kier alpha value is -1.83. The van der Waals surface area contributed by atoms with Crippen molar-refractivity contribution in [1.82, 2.24) is 24.8 Å². The molecule has 21 heavy (non-hydrogen) atoms. The summed E-state index contributed by atoms with van der Waals surface area (Å²) in [4.78, 5) is 21.5. The number of fused-ring (bicyclic) bond motifs is 1. The van der Waals surface area contributed by atoms with E-state index in [1.54, 1.807) is 11.3 Å². The molecule has 2 aromatic rings. The lowest BCUT2D eigenvalue weighted by molar-refractivity contribution is 0.189. The standard InChI is InChI=1S/C13H18N6OS/c1-9-7-19-12(15-9)21-13(16-19)17-5-2-3-10(8-17)18-6-4-14-11(18)20/h7,10H,2-6,8H2,1H3,(H,14,20)/t10-/m0/s1. The lowest BCUT2D eigenvalue weighted by Gasteiger charge is -2.36. The van der Waals surface area contributed by atoms with Gasteiger partial charge in [-0.25, -0.2) is 14.3 Å². The Bertz CT molecular complexity index is 648. The molecular formula is C13H18N6OS. The molecule has 2 fully saturated rings. The SMILES string of the molecule is Cc1cn2nc(N3CCC[C@H](N4CCNC4=O)C3)sc2n1. The number of rotatable bonds is 2. The van der Waals surface area contributed by atoms with E-state index in [4.69, 9.17) is 0 Å². The molecule has 112 valence electrons. The third kappa shape index (κ3) is 2.23. The fourth-order valence-corrected chi connectivity index (χ4v) is 4.11. The maximum Gasteiger partial charge on any atom is 0.317 e. The van der Waals surface area contributed by atoms with Gasteiger partial charge < -0.3 is 15.1 Å². The van der Waals surface area contributed by atoms with E-state index in [9.17, 15) is 4.79 Å². The topological polar surface area (TPSA) is 65.8 Å². The van der Waals surface area contributed by atoms with Crippen LogP contribution in [0.5, 0.6) is 0 Å². The van der Waals surface area contributed by atoms with Crippen molar-refractivity contribution in [2.24, 2.45) is 0 Å². The maximum atomic E-state index is 11.8. The van der Waals surface area contributed by atoms with Crippen molar-refractivity contribution in [2.45, 2.75) is 25.8 Å². The van der Waals surface area contributed by atoms with E-state index < -0.39 is 0 Å². The van der Waals surface area contributed by atoms with E-state index in [-0.39, 0.29) is 6.03 Å². The van der Waals surface area contributed by atoms with E-state index >= 15 is 0 Å². The second-order valence-corrected chi connectivity index (χ2v) is 6.60. The minimum atomic E-state index is 0.0754. The highest BCUT2D eigenvalue weighted by atomic mass is 32.1. The predicted octanol–water partition coefficient (Wildman–Crippen LogP) is 1.09. The number of imidazole rings is 1. The number of nitrogens with one attached hydrogen (secondary N) is 1. The smallest absolute Gasteiger partial charge is 0.317 e. The van der Waals surface area contributed by atoms with Gasteiger partial charge in [0.05, 0.1) is 17.9 Å². The Morgan fingerprint density at radius 3 is 3.10 bits per heavy atom. The molecule has 2 amide bonds. The monoisotopic (exact) mass is 306 g/mol. The summed E-state index contributed by atoms with van der Waals surface area (Å²) in [6.07, 6.45) is 4.12. The molecule has 0 bridgehead atoms. The first-order valence-electron chi connectivity index (χ1n) is 7.33. The predicted molar refractivity (Wildman–Crippen MR) is 80.9 cm³/mol. The first-order valence-corrected chi connectivity index (χ1v) is 8.14. The number of aryl methyl sites for hydroxylation is 1. The molecule has 0 aromatic carbocycles. The summed E-state index contributed by atoms with van der Waals surface area (Å²) >= 11 is 1.62. The van der Waals surface area contributed by atoms with Crippen LogP contribution in [0.2, 0.25) is 0 Å². The van der Waals surface area contributed by atoms with Gasteiger partial charge >= 0.3 is 6.03 Å². The number of hydrogen-bond acceptors (Lipinski definition) is 5. The molecule has 0 saturated carbocycles. The van der Waals surface area contributed by atoms with Crippen LogP contribution in [0.1, 0.15) is 18.5 Å². The number of urea groups is 1. The van der Waals surface area contributed by atoms with E-state index in [0.29, 0.717) is 6.04 Å². The van der Waals surface area contributed by atoms with E-state index in [1.807, 2.05) is 22.5 Å². The first-order chi connectivity index (χ1) is 10.2. The summed E-state index contributed by atoms with van der Waals surface area (Å²) in [5.41, 5.74) is 0.991. The lowest BCUT2D eigenvalue weighted by Crippen LogP contribution is -2.49. The zero-order chi connectivity index (χ0) is 14.4. The number of carbonyl (C=O) groups excluding carboxylic acids is 1. The Morgan fingerprint density at radius 2 is 2.33 bits per heavy atom. The van der Waals surface area contributed by atoms with Gasteiger partial charge in [0.25, 0.3) is 0 Å². The number of aromatic nitrogens is 3. The molecule has 2 aliphatic rings. The fourth-order valence-electron chi connectivity index (χ4n) is 3.14. The van der Waals surface area contributed by atoms with Crippen molar-refractivity contribution in [3.8, 4) is 0 Å². The second-order valence-electron chi connectivity index (χ2n) is 5.66.